The summed E-state index contributed by atoms with van der Waals surface area (Å²) in [5, 5.41) is 8.49. The molecule has 0 saturated carbocycles. The van der Waals surface area contributed by atoms with Gasteiger partial charge in [0.05, 0.1) is 22.9 Å². The molecule has 0 aliphatic heterocycles. The minimum absolute atomic E-state index is 0.0606. The molecule has 3 aromatic carbocycles. The van der Waals surface area contributed by atoms with Gasteiger partial charge in [0.1, 0.15) is 5.75 Å². The second kappa shape index (κ2) is 10.9. The number of carbonyl (C=O) groups is 2. The summed E-state index contributed by atoms with van der Waals surface area (Å²) in [5.41, 5.74) is 1.88. The van der Waals surface area contributed by atoms with Crippen molar-refractivity contribution < 1.29 is 14.3 Å². The molecule has 0 bridgehead atoms. The summed E-state index contributed by atoms with van der Waals surface area (Å²) in [7, 11) is 0. The second-order valence-corrected chi connectivity index (χ2v) is 8.40. The molecule has 0 heterocycles. The molecule has 0 radical (unpaired) electrons. The Morgan fingerprint density at radius 1 is 0.875 bits per heavy atom. The molecule has 0 saturated heterocycles. The van der Waals surface area contributed by atoms with Crippen LogP contribution in [0.25, 0.3) is 0 Å². The molecule has 164 valence electrons. The Bertz CT molecular complexity index is 1140. The molecule has 0 aliphatic carbocycles. The van der Waals surface area contributed by atoms with Crippen LogP contribution in [0, 0.1) is 0 Å². The van der Waals surface area contributed by atoms with Crippen LogP contribution in [0.2, 0.25) is 0 Å². The van der Waals surface area contributed by atoms with E-state index in [1.165, 1.54) is 0 Å². The fourth-order valence-electron chi connectivity index (χ4n) is 2.87. The summed E-state index contributed by atoms with van der Waals surface area (Å²) >= 11 is 8.70. The number of halogens is 1. The Morgan fingerprint density at radius 3 is 2.28 bits per heavy atom. The maximum Gasteiger partial charge on any atom is 0.261 e. The van der Waals surface area contributed by atoms with Crippen LogP contribution in [0.15, 0.2) is 77.3 Å². The van der Waals surface area contributed by atoms with Crippen molar-refractivity contribution in [2.45, 2.75) is 20.0 Å². The number of benzene rings is 3. The van der Waals surface area contributed by atoms with Gasteiger partial charge in [-0.25, -0.2) is 0 Å². The third kappa shape index (κ3) is 6.38. The number of amides is 2. The van der Waals surface area contributed by atoms with Gasteiger partial charge in [0, 0.05) is 10.2 Å². The predicted octanol–water partition coefficient (Wildman–Crippen LogP) is 5.62. The van der Waals surface area contributed by atoms with E-state index >= 15 is 0 Å². The summed E-state index contributed by atoms with van der Waals surface area (Å²) < 4.78 is 6.47. The average molecular weight is 512 g/mol. The average Bonchev–Trinajstić information content (AvgIpc) is 2.75. The molecule has 0 unspecified atom stereocenters. The van der Waals surface area contributed by atoms with Crippen molar-refractivity contribution in [3.63, 3.8) is 0 Å². The summed E-state index contributed by atoms with van der Waals surface area (Å²) in [6.07, 6.45) is -0.0946. The zero-order chi connectivity index (χ0) is 23.1. The van der Waals surface area contributed by atoms with Crippen LogP contribution in [0.5, 0.6) is 5.75 Å². The Balaban J connectivity index is 1.73. The Labute approximate surface area is 200 Å². The normalized spacial score (nSPS) is 10.4. The molecule has 0 aliphatic rings. The summed E-state index contributed by atoms with van der Waals surface area (Å²) in [6.45, 7) is 3.76. The van der Waals surface area contributed by atoms with Gasteiger partial charge >= 0.3 is 0 Å². The minimum atomic E-state index is -0.425. The molecule has 32 heavy (non-hydrogen) atoms. The number of ether oxygens (including phenoxy) is 1. The van der Waals surface area contributed by atoms with E-state index in [-0.39, 0.29) is 17.1 Å². The molecule has 3 rings (SSSR count). The van der Waals surface area contributed by atoms with Gasteiger partial charge in [-0.05, 0) is 68.5 Å². The number of para-hydroxylation sites is 2. The van der Waals surface area contributed by atoms with Crippen molar-refractivity contribution >= 4 is 56.4 Å². The van der Waals surface area contributed by atoms with Crippen LogP contribution >= 0.6 is 28.1 Å². The first kappa shape index (κ1) is 23.4. The zero-order valence-corrected chi connectivity index (χ0v) is 19.9. The number of hydrogen-bond donors (Lipinski definition) is 3. The molecule has 0 atom stereocenters. The SMILES string of the molecule is CC(C)Oc1ccc(Br)cc1C(=O)NC(=S)Nc1ccccc1C(=O)Nc1ccccc1. The van der Waals surface area contributed by atoms with Crippen molar-refractivity contribution in [3.05, 3.63) is 88.4 Å². The van der Waals surface area contributed by atoms with E-state index < -0.39 is 5.91 Å². The monoisotopic (exact) mass is 511 g/mol. The molecule has 6 nitrogen and oxygen atoms in total. The topological polar surface area (TPSA) is 79.5 Å². The van der Waals surface area contributed by atoms with Gasteiger partial charge in [0.25, 0.3) is 11.8 Å². The number of nitrogens with one attached hydrogen (secondary N) is 3. The Hall–Kier alpha value is -3.23. The van der Waals surface area contributed by atoms with E-state index in [9.17, 15) is 9.59 Å². The molecular formula is C24H22BrN3O3S. The van der Waals surface area contributed by atoms with Crippen molar-refractivity contribution in [3.8, 4) is 5.75 Å². The van der Waals surface area contributed by atoms with Gasteiger partial charge < -0.3 is 15.4 Å². The molecule has 2 amide bonds. The van der Waals surface area contributed by atoms with Gasteiger partial charge in [-0.3, -0.25) is 14.9 Å². The van der Waals surface area contributed by atoms with Crippen LogP contribution in [-0.4, -0.2) is 23.0 Å². The molecule has 0 fully saturated rings. The standard InChI is InChI=1S/C24H22BrN3O3S/c1-15(2)31-21-13-12-16(25)14-19(21)23(30)28-24(32)27-20-11-7-6-10-18(20)22(29)26-17-8-4-3-5-9-17/h3-15H,1-2H3,(H,26,29)(H2,27,28,30,32). The number of carbonyl (C=O) groups excluding carboxylic acids is 2. The first-order valence-electron chi connectivity index (χ1n) is 9.87. The lowest BCUT2D eigenvalue weighted by Gasteiger charge is -2.16. The highest BCUT2D eigenvalue weighted by Gasteiger charge is 2.17. The Kier molecular flexibility index (Phi) is 7.97. The Morgan fingerprint density at radius 2 is 1.56 bits per heavy atom. The highest BCUT2D eigenvalue weighted by atomic mass is 79.9. The smallest absolute Gasteiger partial charge is 0.261 e. The first-order valence-corrected chi connectivity index (χ1v) is 11.1. The van der Waals surface area contributed by atoms with Crippen LogP contribution in [0.1, 0.15) is 34.6 Å². The van der Waals surface area contributed by atoms with E-state index in [0.29, 0.717) is 28.3 Å². The van der Waals surface area contributed by atoms with Gasteiger partial charge in [0.15, 0.2) is 5.11 Å². The van der Waals surface area contributed by atoms with Gasteiger partial charge in [-0.1, -0.05) is 46.3 Å². The minimum Gasteiger partial charge on any atom is -0.490 e. The molecule has 0 spiro atoms. The maximum atomic E-state index is 12.8. The molecule has 8 heteroatoms. The fourth-order valence-corrected chi connectivity index (χ4v) is 3.43. The van der Waals surface area contributed by atoms with Crippen molar-refractivity contribution in [1.29, 1.82) is 0 Å². The summed E-state index contributed by atoms with van der Waals surface area (Å²) in [5.74, 6) is -0.273. The van der Waals surface area contributed by atoms with Crippen LogP contribution < -0.4 is 20.7 Å². The largest absolute Gasteiger partial charge is 0.490 e. The van der Waals surface area contributed by atoms with Gasteiger partial charge in [-0.2, -0.15) is 0 Å². The summed E-state index contributed by atoms with van der Waals surface area (Å²) in [6, 6.07) is 21.2. The number of thiocarbonyl (C=S) groups is 1. The molecule has 3 N–H and O–H groups in total. The second-order valence-electron chi connectivity index (χ2n) is 7.08. The number of anilines is 2. The van der Waals surface area contributed by atoms with E-state index in [4.69, 9.17) is 17.0 Å². The fraction of sp³-hybridized carbons (Fsp3) is 0.125. The lowest BCUT2D eigenvalue weighted by molar-refractivity contribution is 0.0970. The third-order valence-corrected chi connectivity index (χ3v) is 4.92. The highest BCUT2D eigenvalue weighted by molar-refractivity contribution is 9.10. The van der Waals surface area contributed by atoms with Crippen molar-refractivity contribution in [1.82, 2.24) is 5.32 Å². The highest BCUT2D eigenvalue weighted by Crippen LogP contribution is 2.24. The quantitative estimate of drug-likeness (QED) is 0.374. The van der Waals surface area contributed by atoms with Crippen LogP contribution in [0.4, 0.5) is 11.4 Å². The van der Waals surface area contributed by atoms with Crippen LogP contribution in [-0.2, 0) is 0 Å². The zero-order valence-electron chi connectivity index (χ0n) is 17.5. The van der Waals surface area contributed by atoms with Crippen LogP contribution in [0.3, 0.4) is 0 Å². The van der Waals surface area contributed by atoms with Crippen molar-refractivity contribution in [2.75, 3.05) is 10.6 Å². The van der Waals surface area contributed by atoms with E-state index in [1.54, 1.807) is 54.6 Å². The van der Waals surface area contributed by atoms with Gasteiger partial charge in [-0.15, -0.1) is 0 Å². The predicted molar refractivity (Wildman–Crippen MR) is 134 cm³/mol. The lowest BCUT2D eigenvalue weighted by atomic mass is 10.1. The molecule has 3 aromatic rings. The number of rotatable bonds is 6. The summed E-state index contributed by atoms with van der Waals surface area (Å²) in [4.78, 5) is 25.6. The van der Waals surface area contributed by atoms with E-state index in [2.05, 4.69) is 31.9 Å². The number of hydrogen-bond acceptors (Lipinski definition) is 4. The maximum absolute atomic E-state index is 12.8. The van der Waals surface area contributed by atoms with Crippen molar-refractivity contribution in [2.24, 2.45) is 0 Å². The van der Waals surface area contributed by atoms with E-state index in [1.807, 2.05) is 32.0 Å². The first-order chi connectivity index (χ1) is 15.3. The van der Waals surface area contributed by atoms with Gasteiger partial charge in [0.2, 0.25) is 0 Å². The lowest BCUT2D eigenvalue weighted by Crippen LogP contribution is -2.35. The van der Waals surface area contributed by atoms with E-state index in [0.717, 1.165) is 4.47 Å². The molecular weight excluding hydrogens is 490 g/mol. The third-order valence-electron chi connectivity index (χ3n) is 4.23. The molecule has 0 aromatic heterocycles.